The van der Waals surface area contributed by atoms with Crippen LogP contribution in [0.1, 0.15) is 89.5 Å². The van der Waals surface area contributed by atoms with Gasteiger partial charge < -0.3 is 0 Å². The second kappa shape index (κ2) is 13.6. The Hall–Kier alpha value is -1.56. The lowest BCUT2D eigenvalue weighted by molar-refractivity contribution is 0.592. The van der Waals surface area contributed by atoms with Gasteiger partial charge in [0.2, 0.25) is 0 Å². The number of hydrogen-bond donors (Lipinski definition) is 0. The Kier molecular flexibility index (Phi) is 10.9. The molecule has 0 aliphatic rings. The highest BCUT2D eigenvalue weighted by atomic mass is 14.0. The highest BCUT2D eigenvalue weighted by Crippen LogP contribution is 2.20. The Labute approximate surface area is 161 Å². The van der Waals surface area contributed by atoms with Crippen LogP contribution in [0.15, 0.2) is 54.6 Å². The van der Waals surface area contributed by atoms with Crippen LogP contribution in [0.3, 0.4) is 0 Å². The summed E-state index contributed by atoms with van der Waals surface area (Å²) in [7, 11) is 0. The number of benzene rings is 2. The van der Waals surface area contributed by atoms with Gasteiger partial charge in [0, 0.05) is 0 Å². The van der Waals surface area contributed by atoms with Crippen LogP contribution in [-0.4, -0.2) is 0 Å². The first-order chi connectivity index (χ1) is 12.9. The molecular formula is C26H38. The Balaban J connectivity index is 1.48. The second-order valence-electron chi connectivity index (χ2n) is 7.62. The van der Waals surface area contributed by atoms with Gasteiger partial charge in [-0.1, -0.05) is 106 Å². The third-order valence-electron chi connectivity index (χ3n) is 5.34. The lowest BCUT2D eigenvalue weighted by Gasteiger charge is -2.06. The fraction of sp³-hybridized carbons (Fsp3) is 0.538. The predicted molar refractivity (Wildman–Crippen MR) is 118 cm³/mol. The summed E-state index contributed by atoms with van der Waals surface area (Å²) in [6, 6.07) is 15.5. The normalized spacial score (nSPS) is 11.6. The highest BCUT2D eigenvalue weighted by molar-refractivity contribution is 5.85. The van der Waals surface area contributed by atoms with E-state index in [4.69, 9.17) is 0 Å². The van der Waals surface area contributed by atoms with Gasteiger partial charge in [0.05, 0.1) is 0 Å². The second-order valence-corrected chi connectivity index (χ2v) is 7.62. The number of aryl methyl sites for hydroxylation is 1. The lowest BCUT2D eigenvalue weighted by Crippen LogP contribution is -1.88. The first kappa shape index (κ1) is 20.7. The number of hydrogen-bond acceptors (Lipinski definition) is 0. The first-order valence-electron chi connectivity index (χ1n) is 11.0. The molecule has 26 heavy (non-hydrogen) atoms. The molecule has 0 atom stereocenters. The molecule has 0 amide bonds. The maximum Gasteiger partial charge on any atom is -0.0152 e. The fourth-order valence-electron chi connectivity index (χ4n) is 3.72. The third kappa shape index (κ3) is 8.21. The van der Waals surface area contributed by atoms with Crippen molar-refractivity contribution in [3.05, 3.63) is 60.2 Å². The molecule has 142 valence electrons. The minimum absolute atomic E-state index is 1.21. The zero-order valence-corrected chi connectivity index (χ0v) is 16.9. The van der Waals surface area contributed by atoms with Gasteiger partial charge in [-0.2, -0.15) is 0 Å². The zero-order chi connectivity index (χ0) is 18.3. The van der Waals surface area contributed by atoms with Gasteiger partial charge in [-0.05, 0) is 54.9 Å². The van der Waals surface area contributed by atoms with Crippen molar-refractivity contribution in [1.82, 2.24) is 0 Å². The molecule has 0 N–H and O–H groups in total. The van der Waals surface area contributed by atoms with Crippen molar-refractivity contribution < 1.29 is 0 Å². The van der Waals surface area contributed by atoms with E-state index in [1.807, 2.05) is 0 Å². The van der Waals surface area contributed by atoms with Crippen molar-refractivity contribution in [2.45, 2.75) is 90.4 Å². The predicted octanol–water partition coefficient (Wildman–Crippen LogP) is 8.64. The van der Waals surface area contributed by atoms with Crippen LogP contribution in [0.5, 0.6) is 0 Å². The van der Waals surface area contributed by atoms with E-state index < -0.39 is 0 Å². The van der Waals surface area contributed by atoms with Crippen molar-refractivity contribution in [1.29, 1.82) is 0 Å². The monoisotopic (exact) mass is 350 g/mol. The van der Waals surface area contributed by atoms with Crippen LogP contribution < -0.4 is 0 Å². The van der Waals surface area contributed by atoms with Crippen LogP contribution in [0, 0.1) is 0 Å². The average molecular weight is 351 g/mol. The Bertz CT molecular complexity index is 617. The summed E-state index contributed by atoms with van der Waals surface area (Å²) >= 11 is 0. The molecule has 0 aromatic heterocycles. The van der Waals surface area contributed by atoms with Crippen LogP contribution in [-0.2, 0) is 6.42 Å². The molecule has 0 aliphatic heterocycles. The lowest BCUT2D eigenvalue weighted by atomic mass is 9.99. The van der Waals surface area contributed by atoms with E-state index in [0.29, 0.717) is 0 Å². The van der Waals surface area contributed by atoms with Gasteiger partial charge in [0.1, 0.15) is 0 Å². The average Bonchev–Trinajstić information content (AvgIpc) is 2.68. The van der Waals surface area contributed by atoms with Crippen molar-refractivity contribution in [2.24, 2.45) is 0 Å². The van der Waals surface area contributed by atoms with Crippen LogP contribution >= 0.6 is 0 Å². The summed E-state index contributed by atoms with van der Waals surface area (Å²) in [6.45, 7) is 2.29. The molecule has 0 saturated carbocycles. The van der Waals surface area contributed by atoms with Crippen molar-refractivity contribution >= 4 is 10.8 Å². The summed E-state index contributed by atoms with van der Waals surface area (Å²) in [4.78, 5) is 0. The molecule has 0 unspecified atom stereocenters. The Morgan fingerprint density at radius 3 is 2.00 bits per heavy atom. The topological polar surface area (TPSA) is 0 Å². The summed E-state index contributed by atoms with van der Waals surface area (Å²) in [6.07, 6.45) is 22.4. The number of fused-ring (bicyclic) bond motifs is 1. The maximum atomic E-state index is 2.41. The molecule has 2 rings (SSSR count). The third-order valence-corrected chi connectivity index (χ3v) is 5.34. The Morgan fingerprint density at radius 2 is 1.23 bits per heavy atom. The van der Waals surface area contributed by atoms with E-state index in [9.17, 15) is 0 Å². The molecule has 0 nitrogen and oxygen atoms in total. The molecule has 2 aromatic carbocycles. The van der Waals surface area contributed by atoms with Crippen LogP contribution in [0.2, 0.25) is 0 Å². The Morgan fingerprint density at radius 1 is 0.615 bits per heavy atom. The van der Waals surface area contributed by atoms with Crippen LogP contribution in [0.4, 0.5) is 0 Å². The number of unbranched alkanes of at least 4 members (excludes halogenated alkanes) is 10. The van der Waals surface area contributed by atoms with E-state index in [0.717, 1.165) is 0 Å². The summed E-state index contributed by atoms with van der Waals surface area (Å²) in [5.41, 5.74) is 1.51. The molecule has 0 spiro atoms. The quantitative estimate of drug-likeness (QED) is 0.236. The van der Waals surface area contributed by atoms with Gasteiger partial charge in [-0.3, -0.25) is 0 Å². The molecule has 0 heteroatoms. The molecule has 0 radical (unpaired) electrons. The van der Waals surface area contributed by atoms with E-state index in [2.05, 4.69) is 61.5 Å². The maximum absolute atomic E-state index is 2.41. The molecule has 0 bridgehead atoms. The minimum Gasteiger partial charge on any atom is -0.0885 e. The number of allylic oxidation sites excluding steroid dienone is 2. The van der Waals surface area contributed by atoms with Crippen molar-refractivity contribution in [3.63, 3.8) is 0 Å². The van der Waals surface area contributed by atoms with Gasteiger partial charge in [-0.25, -0.2) is 0 Å². The summed E-state index contributed by atoms with van der Waals surface area (Å²) in [5.74, 6) is 0. The molecule has 0 heterocycles. The standard InChI is InChI=1S/C26H38/c1-2-3-4-5-6-7-8-9-10-11-12-13-14-15-19-24-21-18-22-25-20-16-17-23-26(24)25/h10-11,16-18,20-23H,2-9,12-15,19H2,1H3/b11-10+. The van der Waals surface area contributed by atoms with Gasteiger partial charge in [0.25, 0.3) is 0 Å². The molecule has 0 fully saturated rings. The van der Waals surface area contributed by atoms with E-state index >= 15 is 0 Å². The van der Waals surface area contributed by atoms with Crippen molar-refractivity contribution in [3.8, 4) is 0 Å². The van der Waals surface area contributed by atoms with Gasteiger partial charge in [-0.15, -0.1) is 0 Å². The van der Waals surface area contributed by atoms with E-state index in [-0.39, 0.29) is 0 Å². The van der Waals surface area contributed by atoms with E-state index in [1.54, 1.807) is 0 Å². The minimum atomic E-state index is 1.21. The van der Waals surface area contributed by atoms with Crippen molar-refractivity contribution in [2.75, 3.05) is 0 Å². The largest absolute Gasteiger partial charge is 0.0885 e. The molecule has 0 aliphatic carbocycles. The zero-order valence-electron chi connectivity index (χ0n) is 16.9. The highest BCUT2D eigenvalue weighted by Gasteiger charge is 1.99. The first-order valence-corrected chi connectivity index (χ1v) is 11.0. The number of rotatable bonds is 14. The van der Waals surface area contributed by atoms with Gasteiger partial charge in [0.15, 0.2) is 0 Å². The summed E-state index contributed by atoms with van der Waals surface area (Å²) < 4.78 is 0. The molecule has 0 saturated heterocycles. The SMILES string of the molecule is CCCCCCCCC/C=C/CCCCCc1cccc2ccccc12. The molecular weight excluding hydrogens is 312 g/mol. The van der Waals surface area contributed by atoms with Crippen LogP contribution in [0.25, 0.3) is 10.8 Å². The smallest absolute Gasteiger partial charge is 0.0152 e. The molecule has 2 aromatic rings. The van der Waals surface area contributed by atoms with E-state index in [1.165, 1.54) is 99.8 Å². The fourth-order valence-corrected chi connectivity index (χ4v) is 3.72. The van der Waals surface area contributed by atoms with Gasteiger partial charge >= 0.3 is 0 Å². The summed E-state index contributed by atoms with van der Waals surface area (Å²) in [5, 5.41) is 2.81.